The number of nitrogens with one attached hydrogen (secondary N) is 1. The molecule has 1 aromatic heterocycles. The number of piperidine rings is 2. The summed E-state index contributed by atoms with van der Waals surface area (Å²) in [5.74, 6) is 0.908. The van der Waals surface area contributed by atoms with Gasteiger partial charge >= 0.3 is 0 Å². The smallest absolute Gasteiger partial charge is 0.225 e. The Balaban J connectivity index is 1.29. The van der Waals surface area contributed by atoms with Crippen LogP contribution in [-0.2, 0) is 4.79 Å². The van der Waals surface area contributed by atoms with Gasteiger partial charge in [0.05, 0.1) is 5.92 Å². The fraction of sp³-hybridized carbons (Fsp3) is 0.542. The number of benzene rings is 1. The van der Waals surface area contributed by atoms with E-state index in [1.54, 1.807) is 0 Å². The number of anilines is 1. The summed E-state index contributed by atoms with van der Waals surface area (Å²) in [5, 5.41) is 3.16. The number of aromatic nitrogens is 2. The van der Waals surface area contributed by atoms with Crippen molar-refractivity contribution >= 4 is 11.9 Å². The van der Waals surface area contributed by atoms with E-state index < -0.39 is 0 Å². The van der Waals surface area contributed by atoms with Crippen LogP contribution in [0, 0.1) is 12.8 Å². The van der Waals surface area contributed by atoms with Gasteiger partial charge in [-0.2, -0.15) is 0 Å². The Morgan fingerprint density at radius 3 is 2.47 bits per heavy atom. The Morgan fingerprint density at radius 2 is 1.73 bits per heavy atom. The Labute approximate surface area is 179 Å². The number of likely N-dealkylation sites (tertiary alicyclic amines) is 1. The minimum absolute atomic E-state index is 0.0143. The zero-order valence-corrected chi connectivity index (χ0v) is 18.0. The molecule has 3 heterocycles. The molecule has 0 spiro atoms. The zero-order valence-electron chi connectivity index (χ0n) is 18.0. The fourth-order valence-corrected chi connectivity index (χ4v) is 4.42. The minimum atomic E-state index is 0.0143. The van der Waals surface area contributed by atoms with E-state index in [0.717, 1.165) is 49.6 Å². The number of rotatable bonds is 6. The second-order valence-electron chi connectivity index (χ2n) is 8.62. The van der Waals surface area contributed by atoms with Gasteiger partial charge in [-0.3, -0.25) is 4.79 Å². The highest BCUT2D eigenvalue weighted by Crippen LogP contribution is 2.23. The first-order valence-corrected chi connectivity index (χ1v) is 11.3. The predicted molar refractivity (Wildman–Crippen MR) is 120 cm³/mol. The Kier molecular flexibility index (Phi) is 6.95. The SMILES string of the molecule is Cc1ccc(-c2cnc(N3CCCC(C(=O)NCCN4CCCCC4)C3)nc2)cc1. The van der Waals surface area contributed by atoms with Gasteiger partial charge in [0.1, 0.15) is 0 Å². The van der Waals surface area contributed by atoms with Crippen molar-refractivity contribution in [3.63, 3.8) is 0 Å². The maximum absolute atomic E-state index is 12.7. The molecule has 160 valence electrons. The first-order chi connectivity index (χ1) is 14.7. The molecule has 1 atom stereocenters. The summed E-state index contributed by atoms with van der Waals surface area (Å²) in [6.45, 7) is 7.73. The third-order valence-corrected chi connectivity index (χ3v) is 6.27. The Morgan fingerprint density at radius 1 is 1.00 bits per heavy atom. The van der Waals surface area contributed by atoms with Crippen molar-refractivity contribution < 1.29 is 4.79 Å². The number of nitrogens with zero attached hydrogens (tertiary/aromatic N) is 4. The maximum Gasteiger partial charge on any atom is 0.225 e. The van der Waals surface area contributed by atoms with Crippen LogP contribution in [0.1, 0.15) is 37.7 Å². The van der Waals surface area contributed by atoms with Crippen LogP contribution in [0.3, 0.4) is 0 Å². The van der Waals surface area contributed by atoms with E-state index in [1.165, 1.54) is 37.9 Å². The summed E-state index contributed by atoms with van der Waals surface area (Å²) in [6.07, 6.45) is 9.61. The second-order valence-corrected chi connectivity index (χ2v) is 8.62. The summed E-state index contributed by atoms with van der Waals surface area (Å²) in [6, 6.07) is 8.39. The van der Waals surface area contributed by atoms with E-state index >= 15 is 0 Å². The maximum atomic E-state index is 12.7. The average Bonchev–Trinajstić information content (AvgIpc) is 2.80. The molecule has 2 aliphatic heterocycles. The number of hydrogen-bond acceptors (Lipinski definition) is 5. The molecule has 1 aromatic carbocycles. The lowest BCUT2D eigenvalue weighted by atomic mass is 9.97. The summed E-state index contributed by atoms with van der Waals surface area (Å²) < 4.78 is 0. The molecule has 6 heteroatoms. The second kappa shape index (κ2) is 10.0. The van der Waals surface area contributed by atoms with Crippen LogP contribution in [0.4, 0.5) is 5.95 Å². The first kappa shape index (κ1) is 20.8. The van der Waals surface area contributed by atoms with E-state index in [4.69, 9.17) is 0 Å². The molecule has 2 saturated heterocycles. The molecule has 0 aliphatic carbocycles. The van der Waals surface area contributed by atoms with Gasteiger partial charge in [0.25, 0.3) is 0 Å². The van der Waals surface area contributed by atoms with Crippen LogP contribution >= 0.6 is 0 Å². The highest BCUT2D eigenvalue weighted by molar-refractivity contribution is 5.79. The summed E-state index contributed by atoms with van der Waals surface area (Å²) >= 11 is 0. The molecule has 0 radical (unpaired) electrons. The molecule has 0 bridgehead atoms. The molecular formula is C24H33N5O. The van der Waals surface area contributed by atoms with E-state index in [-0.39, 0.29) is 11.8 Å². The van der Waals surface area contributed by atoms with Crippen molar-refractivity contribution in [2.75, 3.05) is 44.2 Å². The third-order valence-electron chi connectivity index (χ3n) is 6.27. The molecular weight excluding hydrogens is 374 g/mol. The van der Waals surface area contributed by atoms with Crippen molar-refractivity contribution in [3.8, 4) is 11.1 Å². The van der Waals surface area contributed by atoms with E-state index in [1.807, 2.05) is 12.4 Å². The highest BCUT2D eigenvalue weighted by Gasteiger charge is 2.27. The minimum Gasteiger partial charge on any atom is -0.355 e. The Bertz CT molecular complexity index is 814. The van der Waals surface area contributed by atoms with Crippen LogP contribution in [0.15, 0.2) is 36.7 Å². The normalized spacial score (nSPS) is 20.2. The number of amides is 1. The van der Waals surface area contributed by atoms with Crippen LogP contribution < -0.4 is 10.2 Å². The zero-order chi connectivity index (χ0) is 20.8. The number of carbonyl (C=O) groups is 1. The van der Waals surface area contributed by atoms with Crippen LogP contribution in [0.2, 0.25) is 0 Å². The molecule has 2 aromatic rings. The fourth-order valence-electron chi connectivity index (χ4n) is 4.42. The molecule has 0 saturated carbocycles. The lowest BCUT2D eigenvalue weighted by Gasteiger charge is -2.32. The van der Waals surface area contributed by atoms with Crippen molar-refractivity contribution in [3.05, 3.63) is 42.2 Å². The summed E-state index contributed by atoms with van der Waals surface area (Å²) in [7, 11) is 0. The third kappa shape index (κ3) is 5.36. The largest absolute Gasteiger partial charge is 0.355 e. The van der Waals surface area contributed by atoms with Crippen LogP contribution in [-0.4, -0.2) is 60.0 Å². The summed E-state index contributed by atoms with van der Waals surface area (Å²) in [5.41, 5.74) is 3.38. The lowest BCUT2D eigenvalue weighted by molar-refractivity contribution is -0.125. The quantitative estimate of drug-likeness (QED) is 0.796. The first-order valence-electron chi connectivity index (χ1n) is 11.3. The topological polar surface area (TPSA) is 61.4 Å². The number of hydrogen-bond donors (Lipinski definition) is 1. The van der Waals surface area contributed by atoms with Gasteiger partial charge in [-0.1, -0.05) is 36.2 Å². The standard InChI is InChI=1S/C24H33N5O/c1-19-7-9-20(10-8-19)22-16-26-24(27-17-22)29-14-5-6-21(18-29)23(30)25-11-15-28-12-3-2-4-13-28/h7-10,16-17,21H,2-6,11-15,18H2,1H3,(H,25,30). The lowest BCUT2D eigenvalue weighted by Crippen LogP contribution is -2.45. The molecule has 6 nitrogen and oxygen atoms in total. The summed E-state index contributed by atoms with van der Waals surface area (Å²) in [4.78, 5) is 26.5. The van der Waals surface area contributed by atoms with Gasteiger partial charge in [-0.25, -0.2) is 9.97 Å². The van der Waals surface area contributed by atoms with Crippen molar-refractivity contribution in [1.29, 1.82) is 0 Å². The van der Waals surface area contributed by atoms with Gasteiger partial charge in [0.2, 0.25) is 11.9 Å². The molecule has 1 amide bonds. The molecule has 2 fully saturated rings. The van der Waals surface area contributed by atoms with E-state index in [9.17, 15) is 4.79 Å². The molecule has 2 aliphatic rings. The number of carbonyl (C=O) groups excluding carboxylic acids is 1. The molecule has 1 unspecified atom stereocenters. The van der Waals surface area contributed by atoms with Crippen LogP contribution in [0.5, 0.6) is 0 Å². The van der Waals surface area contributed by atoms with E-state index in [0.29, 0.717) is 6.54 Å². The Hall–Kier alpha value is -2.47. The van der Waals surface area contributed by atoms with Crippen LogP contribution in [0.25, 0.3) is 11.1 Å². The highest BCUT2D eigenvalue weighted by atomic mass is 16.1. The van der Waals surface area contributed by atoms with E-state index in [2.05, 4.69) is 56.3 Å². The van der Waals surface area contributed by atoms with Crippen molar-refractivity contribution in [1.82, 2.24) is 20.2 Å². The van der Waals surface area contributed by atoms with Crippen molar-refractivity contribution in [2.24, 2.45) is 5.92 Å². The van der Waals surface area contributed by atoms with Gasteiger partial charge in [0.15, 0.2) is 0 Å². The average molecular weight is 408 g/mol. The van der Waals surface area contributed by atoms with Crippen molar-refractivity contribution in [2.45, 2.75) is 39.0 Å². The molecule has 1 N–H and O–H groups in total. The van der Waals surface area contributed by atoms with Gasteiger partial charge in [-0.15, -0.1) is 0 Å². The number of aryl methyl sites for hydroxylation is 1. The van der Waals surface area contributed by atoms with Gasteiger partial charge in [-0.05, 0) is 51.3 Å². The molecule has 30 heavy (non-hydrogen) atoms. The monoisotopic (exact) mass is 407 g/mol. The van der Waals surface area contributed by atoms with Gasteiger partial charge in [0, 0.05) is 44.1 Å². The predicted octanol–water partition coefficient (Wildman–Crippen LogP) is 3.27. The molecule has 4 rings (SSSR count). The van der Waals surface area contributed by atoms with Gasteiger partial charge < -0.3 is 15.1 Å².